The van der Waals surface area contributed by atoms with E-state index in [1.807, 2.05) is 0 Å². The van der Waals surface area contributed by atoms with Gasteiger partial charge in [-0.25, -0.2) is 0 Å². The van der Waals surface area contributed by atoms with Gasteiger partial charge in [-0.15, -0.1) is 0 Å². The van der Waals surface area contributed by atoms with Crippen molar-refractivity contribution in [2.45, 2.75) is 44.6 Å². The van der Waals surface area contributed by atoms with Crippen LogP contribution in [0, 0.1) is 5.92 Å². The predicted octanol–water partition coefficient (Wildman–Crippen LogP) is 2.87. The highest BCUT2D eigenvalue weighted by molar-refractivity contribution is 5.13. The molecule has 1 spiro atoms. The third-order valence-electron chi connectivity index (χ3n) is 3.31. The maximum atomic E-state index is 5.69. The highest BCUT2D eigenvalue weighted by Gasteiger charge is 2.49. The molecule has 1 nitrogen and oxygen atoms in total. The van der Waals surface area contributed by atoms with Crippen LogP contribution in [0.15, 0.2) is 12.3 Å². The average molecular weight is 152 g/mol. The van der Waals surface area contributed by atoms with Crippen LogP contribution in [-0.4, -0.2) is 5.60 Å². The van der Waals surface area contributed by atoms with E-state index < -0.39 is 0 Å². The van der Waals surface area contributed by atoms with E-state index >= 15 is 0 Å². The van der Waals surface area contributed by atoms with E-state index in [1.54, 1.807) is 0 Å². The first-order chi connectivity index (χ1) is 5.25. The summed E-state index contributed by atoms with van der Waals surface area (Å²) in [5.41, 5.74) is 0.231. The first kappa shape index (κ1) is 7.20. The molecule has 2 aliphatic rings. The summed E-state index contributed by atoms with van der Waals surface area (Å²) in [5, 5.41) is 0. The Kier molecular flexibility index (Phi) is 1.48. The topological polar surface area (TPSA) is 9.23 Å². The number of hydrogen-bond acceptors (Lipinski definition) is 1. The van der Waals surface area contributed by atoms with Crippen molar-refractivity contribution in [1.82, 2.24) is 0 Å². The van der Waals surface area contributed by atoms with Crippen molar-refractivity contribution in [3.05, 3.63) is 12.3 Å². The van der Waals surface area contributed by atoms with Gasteiger partial charge in [0.2, 0.25) is 0 Å². The Morgan fingerprint density at radius 2 is 2.00 bits per heavy atom. The summed E-state index contributed by atoms with van der Waals surface area (Å²) in [6, 6.07) is 0. The van der Waals surface area contributed by atoms with Gasteiger partial charge in [-0.1, -0.05) is 19.9 Å². The highest BCUT2D eigenvalue weighted by Crippen LogP contribution is 2.49. The second kappa shape index (κ2) is 2.26. The molecule has 0 amide bonds. The molecular weight excluding hydrogens is 136 g/mol. The molecule has 0 aromatic heterocycles. The lowest BCUT2D eigenvalue weighted by atomic mass is 9.71. The quantitative estimate of drug-likeness (QED) is 0.518. The Balaban J connectivity index is 2.05. The highest BCUT2D eigenvalue weighted by atomic mass is 16.5. The van der Waals surface area contributed by atoms with Crippen LogP contribution < -0.4 is 0 Å². The zero-order valence-corrected chi connectivity index (χ0v) is 7.23. The molecule has 0 aromatic rings. The van der Waals surface area contributed by atoms with Gasteiger partial charge in [0.1, 0.15) is 5.60 Å². The molecule has 1 atom stereocenters. The molecule has 2 fully saturated rings. The van der Waals surface area contributed by atoms with Crippen molar-refractivity contribution in [2.75, 3.05) is 0 Å². The van der Waals surface area contributed by atoms with Crippen LogP contribution in [0.3, 0.4) is 0 Å². The molecule has 1 saturated heterocycles. The summed E-state index contributed by atoms with van der Waals surface area (Å²) in [5.74, 6) is 1.62. The van der Waals surface area contributed by atoms with E-state index in [0.29, 0.717) is 5.92 Å². The molecule has 1 heterocycles. The van der Waals surface area contributed by atoms with Crippen LogP contribution in [0.5, 0.6) is 0 Å². The molecule has 11 heavy (non-hydrogen) atoms. The Morgan fingerprint density at radius 1 is 1.36 bits per heavy atom. The molecule has 1 saturated carbocycles. The first-order valence-electron chi connectivity index (χ1n) is 4.62. The number of hydrogen-bond donors (Lipinski definition) is 0. The van der Waals surface area contributed by atoms with Gasteiger partial charge in [-0.05, 0) is 25.7 Å². The Labute approximate surface area is 68.4 Å². The molecule has 0 radical (unpaired) electrons. The maximum Gasteiger partial charge on any atom is 0.118 e. The third-order valence-corrected chi connectivity index (χ3v) is 3.31. The van der Waals surface area contributed by atoms with Crippen LogP contribution in [0.1, 0.15) is 39.0 Å². The normalized spacial score (nSPS) is 34.6. The molecule has 0 aromatic carbocycles. The fourth-order valence-corrected chi connectivity index (χ4v) is 2.36. The summed E-state index contributed by atoms with van der Waals surface area (Å²) in [6.07, 6.45) is 6.60. The molecule has 1 aliphatic carbocycles. The van der Waals surface area contributed by atoms with Gasteiger partial charge in [-0.2, -0.15) is 0 Å². The fourth-order valence-electron chi connectivity index (χ4n) is 2.36. The monoisotopic (exact) mass is 152 g/mol. The third kappa shape index (κ3) is 0.901. The SMILES string of the molecule is C=C1OC2(CCCCC2)C1C. The molecule has 62 valence electrons. The second-order valence-corrected chi connectivity index (χ2v) is 3.92. The van der Waals surface area contributed by atoms with Crippen molar-refractivity contribution < 1.29 is 4.74 Å². The largest absolute Gasteiger partial charge is 0.491 e. The smallest absolute Gasteiger partial charge is 0.118 e. The minimum Gasteiger partial charge on any atom is -0.491 e. The van der Waals surface area contributed by atoms with Gasteiger partial charge in [0.05, 0.1) is 11.7 Å². The van der Waals surface area contributed by atoms with Crippen molar-refractivity contribution in [3.8, 4) is 0 Å². The van der Waals surface area contributed by atoms with Crippen LogP contribution in [0.2, 0.25) is 0 Å². The number of ether oxygens (including phenoxy) is 1. The lowest BCUT2D eigenvalue weighted by molar-refractivity contribution is -0.155. The van der Waals surface area contributed by atoms with Crippen molar-refractivity contribution in [3.63, 3.8) is 0 Å². The zero-order valence-electron chi connectivity index (χ0n) is 7.23. The lowest BCUT2D eigenvalue weighted by Crippen LogP contribution is -2.51. The summed E-state index contributed by atoms with van der Waals surface area (Å²) in [7, 11) is 0. The van der Waals surface area contributed by atoms with Crippen molar-refractivity contribution in [1.29, 1.82) is 0 Å². The summed E-state index contributed by atoms with van der Waals surface area (Å²) in [4.78, 5) is 0. The minimum atomic E-state index is 0.231. The summed E-state index contributed by atoms with van der Waals surface area (Å²) < 4.78 is 5.69. The van der Waals surface area contributed by atoms with Gasteiger partial charge >= 0.3 is 0 Å². The van der Waals surface area contributed by atoms with Gasteiger partial charge in [-0.3, -0.25) is 0 Å². The summed E-state index contributed by atoms with van der Waals surface area (Å²) in [6.45, 7) is 6.12. The van der Waals surface area contributed by atoms with Crippen molar-refractivity contribution >= 4 is 0 Å². The Hall–Kier alpha value is -0.460. The van der Waals surface area contributed by atoms with Gasteiger partial charge in [0.25, 0.3) is 0 Å². The second-order valence-electron chi connectivity index (χ2n) is 3.92. The molecule has 1 heteroatoms. The van der Waals surface area contributed by atoms with E-state index in [-0.39, 0.29) is 5.60 Å². The predicted molar refractivity (Wildman–Crippen MR) is 45.2 cm³/mol. The van der Waals surface area contributed by atoms with E-state index in [0.717, 1.165) is 5.76 Å². The van der Waals surface area contributed by atoms with Crippen LogP contribution in [0.4, 0.5) is 0 Å². The van der Waals surface area contributed by atoms with Gasteiger partial charge in [0, 0.05) is 0 Å². The average Bonchev–Trinajstić information content (AvgIpc) is 2.06. The van der Waals surface area contributed by atoms with E-state index in [9.17, 15) is 0 Å². The molecule has 2 rings (SSSR count). The van der Waals surface area contributed by atoms with Crippen molar-refractivity contribution in [2.24, 2.45) is 5.92 Å². The molecule has 1 unspecified atom stereocenters. The molecular formula is C10H16O. The summed E-state index contributed by atoms with van der Waals surface area (Å²) >= 11 is 0. The fraction of sp³-hybridized carbons (Fsp3) is 0.800. The van der Waals surface area contributed by atoms with Crippen LogP contribution in [0.25, 0.3) is 0 Å². The first-order valence-corrected chi connectivity index (χ1v) is 4.62. The molecule has 1 aliphatic heterocycles. The Morgan fingerprint density at radius 3 is 2.45 bits per heavy atom. The molecule has 0 N–H and O–H groups in total. The number of rotatable bonds is 0. The maximum absolute atomic E-state index is 5.69. The van der Waals surface area contributed by atoms with Gasteiger partial charge < -0.3 is 4.74 Å². The zero-order chi connectivity index (χ0) is 7.90. The Bertz CT molecular complexity index is 177. The minimum absolute atomic E-state index is 0.231. The lowest BCUT2D eigenvalue weighted by Gasteiger charge is -2.52. The standard InChI is InChI=1S/C10H16O/c1-8-9(2)11-10(8)6-4-3-5-7-10/h8H,2-7H2,1H3. The van der Waals surface area contributed by atoms with Gasteiger partial charge in [0.15, 0.2) is 0 Å². The van der Waals surface area contributed by atoms with Crippen LogP contribution >= 0.6 is 0 Å². The van der Waals surface area contributed by atoms with E-state index in [2.05, 4.69) is 13.5 Å². The van der Waals surface area contributed by atoms with E-state index in [4.69, 9.17) is 4.74 Å². The van der Waals surface area contributed by atoms with Crippen LogP contribution in [-0.2, 0) is 4.74 Å². The molecule has 0 bridgehead atoms. The van der Waals surface area contributed by atoms with E-state index in [1.165, 1.54) is 32.1 Å².